The fourth-order valence-electron chi connectivity index (χ4n) is 1.63. The third-order valence-corrected chi connectivity index (χ3v) is 2.35. The molecule has 1 amide bonds. The number of anilines is 1. The van der Waals surface area contributed by atoms with Crippen LogP contribution in [0.15, 0.2) is 24.5 Å². The minimum Gasteiger partial charge on any atom is -0.345 e. The van der Waals surface area contributed by atoms with Gasteiger partial charge >= 0.3 is 0 Å². The summed E-state index contributed by atoms with van der Waals surface area (Å²) in [7, 11) is 0. The van der Waals surface area contributed by atoms with Gasteiger partial charge in [0.2, 0.25) is 0 Å². The van der Waals surface area contributed by atoms with Gasteiger partial charge in [0.15, 0.2) is 0 Å². The Balaban J connectivity index is 2.28. The molecule has 5 nitrogen and oxygen atoms in total. The molecule has 0 atom stereocenters. The van der Waals surface area contributed by atoms with Crippen LogP contribution in [-0.2, 0) is 4.79 Å². The number of hydrazine groups is 1. The zero-order valence-electron chi connectivity index (χ0n) is 7.74. The largest absolute Gasteiger partial charge is 0.345 e. The van der Waals surface area contributed by atoms with E-state index in [1.807, 2.05) is 12.1 Å². The molecule has 0 spiro atoms. The molecule has 2 aromatic rings. The molecule has 0 aliphatic carbocycles. The number of fused-ring (bicyclic) bond motifs is 3. The van der Waals surface area contributed by atoms with Gasteiger partial charge in [-0.25, -0.2) is 4.98 Å². The molecule has 1 aliphatic rings. The first-order valence-corrected chi connectivity index (χ1v) is 4.55. The number of aromatic amines is 1. The topological polar surface area (TPSA) is 69.8 Å². The van der Waals surface area contributed by atoms with E-state index in [4.69, 9.17) is 0 Å². The van der Waals surface area contributed by atoms with Gasteiger partial charge in [0, 0.05) is 11.6 Å². The number of imidazole rings is 1. The maximum Gasteiger partial charge on any atom is 0.262 e. The molecule has 2 heterocycles. The SMILES string of the molecule is O=C1C=Cc2ccc3[nH]cnc3c2NN1. The van der Waals surface area contributed by atoms with E-state index in [0.29, 0.717) is 0 Å². The van der Waals surface area contributed by atoms with Crippen molar-refractivity contribution in [3.05, 3.63) is 30.1 Å². The first-order chi connectivity index (χ1) is 7.34. The highest BCUT2D eigenvalue weighted by Crippen LogP contribution is 2.26. The highest BCUT2D eigenvalue weighted by molar-refractivity contribution is 6.00. The fourth-order valence-corrected chi connectivity index (χ4v) is 1.63. The van der Waals surface area contributed by atoms with E-state index in [2.05, 4.69) is 20.8 Å². The number of H-pyrrole nitrogens is 1. The predicted octanol–water partition coefficient (Wildman–Crippen LogP) is 1.03. The third-order valence-electron chi connectivity index (χ3n) is 2.35. The van der Waals surface area contributed by atoms with Crippen molar-refractivity contribution in [3.8, 4) is 0 Å². The Labute approximate surface area is 85.2 Å². The van der Waals surface area contributed by atoms with E-state index in [9.17, 15) is 4.79 Å². The van der Waals surface area contributed by atoms with Gasteiger partial charge in [-0.2, -0.15) is 0 Å². The standard InChI is InChI=1S/C10H8N4O/c15-8-4-2-6-1-3-7-10(12-5-11-7)9(6)14-13-8/h1-5,14H,(H,11,12)(H,13,15). The van der Waals surface area contributed by atoms with Gasteiger partial charge in [0.05, 0.1) is 17.5 Å². The second-order valence-electron chi connectivity index (χ2n) is 3.28. The molecule has 3 N–H and O–H groups in total. The fraction of sp³-hybridized carbons (Fsp3) is 0. The van der Waals surface area contributed by atoms with Crippen molar-refractivity contribution in [2.24, 2.45) is 0 Å². The van der Waals surface area contributed by atoms with Crippen LogP contribution < -0.4 is 10.9 Å². The molecule has 0 bridgehead atoms. The Bertz CT molecular complexity index is 570. The number of nitrogens with one attached hydrogen (secondary N) is 3. The highest BCUT2D eigenvalue weighted by Gasteiger charge is 2.11. The lowest BCUT2D eigenvalue weighted by atomic mass is 10.1. The lowest BCUT2D eigenvalue weighted by Crippen LogP contribution is -2.26. The summed E-state index contributed by atoms with van der Waals surface area (Å²) in [4.78, 5) is 18.3. The molecule has 1 aromatic heterocycles. The number of hydrogen-bond acceptors (Lipinski definition) is 3. The smallest absolute Gasteiger partial charge is 0.262 e. The van der Waals surface area contributed by atoms with Gasteiger partial charge in [0.25, 0.3) is 5.91 Å². The maximum atomic E-state index is 11.1. The molecule has 1 aromatic carbocycles. The molecule has 0 fully saturated rings. The average molecular weight is 200 g/mol. The molecule has 0 saturated heterocycles. The van der Waals surface area contributed by atoms with Gasteiger partial charge in [-0.15, -0.1) is 0 Å². The van der Waals surface area contributed by atoms with Crippen LogP contribution in [0.1, 0.15) is 5.56 Å². The van der Waals surface area contributed by atoms with E-state index < -0.39 is 0 Å². The van der Waals surface area contributed by atoms with Gasteiger partial charge in [0.1, 0.15) is 5.52 Å². The molecule has 5 heteroatoms. The quantitative estimate of drug-likeness (QED) is 0.595. The third kappa shape index (κ3) is 1.17. The molecule has 74 valence electrons. The summed E-state index contributed by atoms with van der Waals surface area (Å²) in [6.45, 7) is 0. The van der Waals surface area contributed by atoms with Crippen molar-refractivity contribution in [2.75, 3.05) is 5.43 Å². The number of amides is 1. The van der Waals surface area contributed by atoms with Gasteiger partial charge in [-0.3, -0.25) is 15.6 Å². The van der Waals surface area contributed by atoms with Crippen LogP contribution >= 0.6 is 0 Å². The normalized spacial score (nSPS) is 14.3. The number of carbonyl (C=O) groups excluding carboxylic acids is 1. The molecule has 1 aliphatic heterocycles. The molecule has 0 unspecified atom stereocenters. The summed E-state index contributed by atoms with van der Waals surface area (Å²) >= 11 is 0. The number of benzene rings is 1. The minimum absolute atomic E-state index is 0.171. The number of aromatic nitrogens is 2. The molecular formula is C10H8N4O. The summed E-state index contributed by atoms with van der Waals surface area (Å²) in [5, 5.41) is 0. The Kier molecular flexibility index (Phi) is 1.53. The summed E-state index contributed by atoms with van der Waals surface area (Å²) in [6.07, 6.45) is 4.87. The van der Waals surface area contributed by atoms with Crippen LogP contribution in [0.2, 0.25) is 0 Å². The Morgan fingerprint density at radius 3 is 3.00 bits per heavy atom. The van der Waals surface area contributed by atoms with Crippen molar-refractivity contribution in [3.63, 3.8) is 0 Å². The van der Waals surface area contributed by atoms with E-state index in [1.165, 1.54) is 6.08 Å². The first-order valence-electron chi connectivity index (χ1n) is 4.55. The van der Waals surface area contributed by atoms with Crippen LogP contribution in [0.25, 0.3) is 17.1 Å². The number of carbonyl (C=O) groups is 1. The summed E-state index contributed by atoms with van der Waals surface area (Å²) in [5.41, 5.74) is 8.92. The highest BCUT2D eigenvalue weighted by atomic mass is 16.2. The summed E-state index contributed by atoms with van der Waals surface area (Å²) in [6, 6.07) is 3.86. The van der Waals surface area contributed by atoms with E-state index in [1.54, 1.807) is 12.4 Å². The van der Waals surface area contributed by atoms with Crippen LogP contribution in [0.4, 0.5) is 5.69 Å². The van der Waals surface area contributed by atoms with Gasteiger partial charge < -0.3 is 4.98 Å². The van der Waals surface area contributed by atoms with Crippen LogP contribution in [-0.4, -0.2) is 15.9 Å². The van der Waals surface area contributed by atoms with Crippen molar-refractivity contribution in [2.45, 2.75) is 0 Å². The van der Waals surface area contributed by atoms with E-state index >= 15 is 0 Å². The summed E-state index contributed by atoms with van der Waals surface area (Å²) < 4.78 is 0. The minimum atomic E-state index is -0.171. The van der Waals surface area contributed by atoms with Crippen molar-refractivity contribution >= 4 is 28.7 Å². The maximum absolute atomic E-state index is 11.1. The van der Waals surface area contributed by atoms with Crippen LogP contribution in [0.3, 0.4) is 0 Å². The second kappa shape index (κ2) is 2.84. The first kappa shape index (κ1) is 8.05. The van der Waals surface area contributed by atoms with Gasteiger partial charge in [-0.05, 0) is 12.1 Å². The van der Waals surface area contributed by atoms with Crippen molar-refractivity contribution < 1.29 is 4.79 Å². The van der Waals surface area contributed by atoms with Crippen LogP contribution in [0.5, 0.6) is 0 Å². The summed E-state index contributed by atoms with van der Waals surface area (Å²) in [5.74, 6) is -0.171. The molecule has 15 heavy (non-hydrogen) atoms. The second-order valence-corrected chi connectivity index (χ2v) is 3.28. The number of hydrogen-bond donors (Lipinski definition) is 3. The Morgan fingerprint density at radius 2 is 2.07 bits per heavy atom. The lowest BCUT2D eigenvalue weighted by Gasteiger charge is -2.07. The van der Waals surface area contributed by atoms with E-state index in [-0.39, 0.29) is 5.91 Å². The zero-order chi connectivity index (χ0) is 10.3. The lowest BCUT2D eigenvalue weighted by molar-refractivity contribution is -0.115. The molecular weight excluding hydrogens is 192 g/mol. The Morgan fingerprint density at radius 1 is 1.13 bits per heavy atom. The van der Waals surface area contributed by atoms with Crippen molar-refractivity contribution in [1.82, 2.24) is 15.4 Å². The molecule has 0 radical (unpaired) electrons. The molecule has 0 saturated carbocycles. The molecule has 3 rings (SSSR count). The predicted molar refractivity (Wildman–Crippen MR) is 56.9 cm³/mol. The van der Waals surface area contributed by atoms with E-state index in [0.717, 1.165) is 22.3 Å². The monoisotopic (exact) mass is 200 g/mol. The van der Waals surface area contributed by atoms with Gasteiger partial charge in [-0.1, -0.05) is 6.07 Å². The van der Waals surface area contributed by atoms with Crippen LogP contribution in [0, 0.1) is 0 Å². The zero-order valence-corrected chi connectivity index (χ0v) is 7.74. The van der Waals surface area contributed by atoms with Crippen molar-refractivity contribution in [1.29, 1.82) is 0 Å². The number of nitrogens with zero attached hydrogens (tertiary/aromatic N) is 1. The average Bonchev–Trinajstić information content (AvgIpc) is 2.64. The number of rotatable bonds is 0. The Hall–Kier alpha value is -2.30.